The molecule has 0 radical (unpaired) electrons. The number of aliphatic hydroxyl groups is 1. The van der Waals surface area contributed by atoms with Gasteiger partial charge in [0.25, 0.3) is 0 Å². The number of ether oxygens (including phenoxy) is 1. The summed E-state index contributed by atoms with van der Waals surface area (Å²) >= 11 is 0. The molecule has 1 heterocycles. The largest absolute Gasteiger partial charge is 0.457 e. The molecular formula is C30H40FNO3. The van der Waals surface area contributed by atoms with Crippen LogP contribution >= 0.6 is 0 Å². The summed E-state index contributed by atoms with van der Waals surface area (Å²) in [6.45, 7) is 12.7. The Morgan fingerprint density at radius 3 is 2.40 bits per heavy atom. The van der Waals surface area contributed by atoms with Crippen molar-refractivity contribution in [2.75, 3.05) is 6.54 Å². The zero-order valence-electron chi connectivity index (χ0n) is 22.0. The van der Waals surface area contributed by atoms with Crippen molar-refractivity contribution >= 4 is 5.91 Å². The van der Waals surface area contributed by atoms with Crippen molar-refractivity contribution < 1.29 is 19.0 Å². The van der Waals surface area contributed by atoms with Gasteiger partial charge in [0.05, 0.1) is 5.60 Å². The fraction of sp³-hybridized carbons (Fsp3) is 0.567. The SMILES string of the molecule is CCC1C(C)CCC(N2CCCC2=O)C1c1cc(C(C)(C)O)ccc1Oc1c(C)cc(F)cc1C. The number of rotatable bonds is 6. The summed E-state index contributed by atoms with van der Waals surface area (Å²) in [4.78, 5) is 15.0. The first-order valence-corrected chi connectivity index (χ1v) is 13.1. The van der Waals surface area contributed by atoms with Crippen LogP contribution in [-0.4, -0.2) is 28.5 Å². The Bertz CT molecular complexity index is 1070. The van der Waals surface area contributed by atoms with Crippen LogP contribution in [0.1, 0.15) is 88.0 Å². The van der Waals surface area contributed by atoms with Gasteiger partial charge in [-0.15, -0.1) is 0 Å². The molecule has 1 N–H and O–H groups in total. The normalized spacial score (nSPS) is 25.3. The van der Waals surface area contributed by atoms with Gasteiger partial charge in [-0.3, -0.25) is 4.79 Å². The molecule has 2 aromatic rings. The monoisotopic (exact) mass is 481 g/mol. The molecule has 4 rings (SSSR count). The molecule has 35 heavy (non-hydrogen) atoms. The summed E-state index contributed by atoms with van der Waals surface area (Å²) in [5.74, 6) is 2.37. The molecular weight excluding hydrogens is 441 g/mol. The van der Waals surface area contributed by atoms with Gasteiger partial charge in [-0.25, -0.2) is 4.39 Å². The van der Waals surface area contributed by atoms with E-state index in [1.54, 1.807) is 13.8 Å². The zero-order valence-corrected chi connectivity index (χ0v) is 22.0. The van der Waals surface area contributed by atoms with Gasteiger partial charge in [-0.05, 0) is 99.7 Å². The molecule has 4 unspecified atom stereocenters. The van der Waals surface area contributed by atoms with Crippen molar-refractivity contribution in [3.8, 4) is 11.5 Å². The summed E-state index contributed by atoms with van der Waals surface area (Å²) in [6, 6.07) is 9.05. The van der Waals surface area contributed by atoms with Gasteiger partial charge in [-0.1, -0.05) is 26.3 Å². The van der Waals surface area contributed by atoms with Gasteiger partial charge in [0.2, 0.25) is 5.91 Å². The van der Waals surface area contributed by atoms with E-state index in [1.807, 2.05) is 26.0 Å². The number of carbonyl (C=O) groups excluding carboxylic acids is 1. The number of nitrogens with zero attached hydrogens (tertiary/aromatic N) is 1. The van der Waals surface area contributed by atoms with Crippen molar-refractivity contribution in [2.45, 2.75) is 91.2 Å². The molecule has 1 aliphatic heterocycles. The van der Waals surface area contributed by atoms with Crippen LogP contribution < -0.4 is 4.74 Å². The summed E-state index contributed by atoms with van der Waals surface area (Å²) in [7, 11) is 0. The molecule has 2 fully saturated rings. The third-order valence-corrected chi connectivity index (χ3v) is 8.22. The first-order chi connectivity index (χ1) is 16.5. The molecule has 0 bridgehead atoms. The van der Waals surface area contributed by atoms with Crippen LogP contribution in [0.3, 0.4) is 0 Å². The third-order valence-electron chi connectivity index (χ3n) is 8.22. The number of aryl methyl sites for hydroxylation is 2. The predicted molar refractivity (Wildman–Crippen MR) is 137 cm³/mol. The van der Waals surface area contributed by atoms with Crippen LogP contribution in [0, 0.1) is 31.5 Å². The van der Waals surface area contributed by atoms with Crippen LogP contribution in [0.2, 0.25) is 0 Å². The Labute approximate surface area is 209 Å². The Kier molecular flexibility index (Phi) is 7.28. The lowest BCUT2D eigenvalue weighted by atomic mass is 9.65. The Morgan fingerprint density at radius 2 is 1.83 bits per heavy atom. The minimum atomic E-state index is -1.00. The highest BCUT2D eigenvalue weighted by atomic mass is 19.1. The van der Waals surface area contributed by atoms with Crippen LogP contribution in [0.5, 0.6) is 11.5 Å². The Morgan fingerprint density at radius 1 is 1.14 bits per heavy atom. The van der Waals surface area contributed by atoms with E-state index in [4.69, 9.17) is 4.74 Å². The minimum Gasteiger partial charge on any atom is -0.457 e. The number of amides is 1. The van der Waals surface area contributed by atoms with E-state index in [-0.39, 0.29) is 23.7 Å². The molecule has 1 saturated carbocycles. The average Bonchev–Trinajstić information content (AvgIpc) is 3.21. The first-order valence-electron chi connectivity index (χ1n) is 13.1. The van der Waals surface area contributed by atoms with Gasteiger partial charge in [0, 0.05) is 30.5 Å². The molecule has 190 valence electrons. The average molecular weight is 482 g/mol. The van der Waals surface area contributed by atoms with Crippen molar-refractivity contribution in [3.63, 3.8) is 0 Å². The topological polar surface area (TPSA) is 49.8 Å². The second-order valence-corrected chi connectivity index (χ2v) is 11.2. The van der Waals surface area contributed by atoms with Gasteiger partial charge < -0.3 is 14.7 Å². The van der Waals surface area contributed by atoms with E-state index >= 15 is 0 Å². The Balaban J connectivity index is 1.87. The quantitative estimate of drug-likeness (QED) is 0.484. The Hall–Kier alpha value is -2.40. The summed E-state index contributed by atoms with van der Waals surface area (Å²) < 4.78 is 20.5. The van der Waals surface area contributed by atoms with Crippen LogP contribution in [0.25, 0.3) is 0 Å². The van der Waals surface area contributed by atoms with Crippen molar-refractivity contribution in [1.29, 1.82) is 0 Å². The fourth-order valence-corrected chi connectivity index (χ4v) is 6.38. The fourth-order valence-electron chi connectivity index (χ4n) is 6.38. The lowest BCUT2D eigenvalue weighted by molar-refractivity contribution is -0.131. The highest BCUT2D eigenvalue weighted by Crippen LogP contribution is 2.49. The summed E-state index contributed by atoms with van der Waals surface area (Å²) in [5, 5.41) is 10.9. The molecule has 1 amide bonds. The molecule has 0 aromatic heterocycles. The molecule has 5 heteroatoms. The van der Waals surface area contributed by atoms with Gasteiger partial charge in [-0.2, -0.15) is 0 Å². The van der Waals surface area contributed by atoms with E-state index < -0.39 is 5.60 Å². The maximum atomic E-state index is 14.0. The number of hydrogen-bond acceptors (Lipinski definition) is 3. The molecule has 4 nitrogen and oxygen atoms in total. The molecule has 4 atom stereocenters. The minimum absolute atomic E-state index is 0.101. The van der Waals surface area contributed by atoms with Crippen LogP contribution in [0.4, 0.5) is 4.39 Å². The predicted octanol–water partition coefficient (Wildman–Crippen LogP) is 6.99. The van der Waals surface area contributed by atoms with E-state index in [0.29, 0.717) is 24.0 Å². The summed E-state index contributed by atoms with van der Waals surface area (Å²) in [6.07, 6.45) is 4.60. The first kappa shape index (κ1) is 25.7. The second kappa shape index (κ2) is 9.93. The van der Waals surface area contributed by atoms with E-state index in [1.165, 1.54) is 12.1 Å². The number of halogens is 1. The number of benzene rings is 2. The van der Waals surface area contributed by atoms with Crippen molar-refractivity contribution in [1.82, 2.24) is 4.90 Å². The molecule has 0 spiro atoms. The van der Waals surface area contributed by atoms with Gasteiger partial charge in [0.1, 0.15) is 17.3 Å². The highest BCUT2D eigenvalue weighted by Gasteiger charge is 2.44. The van der Waals surface area contributed by atoms with Crippen LogP contribution in [0.15, 0.2) is 30.3 Å². The van der Waals surface area contributed by atoms with E-state index in [2.05, 4.69) is 24.8 Å². The maximum Gasteiger partial charge on any atom is 0.222 e. The number of hydrogen-bond donors (Lipinski definition) is 1. The standard InChI is InChI=1S/C30H40FNO3/c1-7-23-18(2)10-12-25(32-14-8-9-27(32)33)28(23)24-17-21(30(5,6)34)11-13-26(24)35-29-19(3)15-22(31)16-20(29)4/h11,13,15-18,23,25,28,34H,7-10,12,14H2,1-6H3. The third kappa shape index (κ3) is 5.11. The molecule has 1 saturated heterocycles. The number of likely N-dealkylation sites (tertiary alicyclic amines) is 1. The van der Waals surface area contributed by atoms with Crippen molar-refractivity contribution in [2.24, 2.45) is 11.8 Å². The zero-order chi connectivity index (χ0) is 25.5. The smallest absolute Gasteiger partial charge is 0.222 e. The molecule has 1 aliphatic carbocycles. The molecule has 2 aromatic carbocycles. The molecule has 2 aliphatic rings. The van der Waals surface area contributed by atoms with E-state index in [9.17, 15) is 14.3 Å². The van der Waals surface area contributed by atoms with Gasteiger partial charge >= 0.3 is 0 Å². The van der Waals surface area contributed by atoms with E-state index in [0.717, 1.165) is 60.2 Å². The van der Waals surface area contributed by atoms with Crippen molar-refractivity contribution in [3.05, 3.63) is 58.4 Å². The number of carbonyl (C=O) groups is 1. The maximum absolute atomic E-state index is 14.0. The summed E-state index contributed by atoms with van der Waals surface area (Å²) in [5.41, 5.74) is 2.35. The lowest BCUT2D eigenvalue weighted by Crippen LogP contribution is -2.47. The van der Waals surface area contributed by atoms with Crippen LogP contribution in [-0.2, 0) is 10.4 Å². The van der Waals surface area contributed by atoms with Gasteiger partial charge in [0.15, 0.2) is 0 Å². The lowest BCUT2D eigenvalue weighted by Gasteiger charge is -2.46. The second-order valence-electron chi connectivity index (χ2n) is 11.2. The highest BCUT2D eigenvalue weighted by molar-refractivity contribution is 5.78.